The summed E-state index contributed by atoms with van der Waals surface area (Å²) in [4.78, 5) is 40.0. The van der Waals surface area contributed by atoms with Gasteiger partial charge in [0.2, 0.25) is 0 Å². The Hall–Kier alpha value is -4.39. The molecule has 0 spiro atoms. The van der Waals surface area contributed by atoms with E-state index >= 15 is 0 Å². The molecule has 2 aromatic rings. The van der Waals surface area contributed by atoms with Crippen molar-refractivity contribution in [3.05, 3.63) is 70.8 Å². The van der Waals surface area contributed by atoms with Crippen molar-refractivity contribution in [3.63, 3.8) is 0 Å². The zero-order valence-corrected chi connectivity index (χ0v) is 21.8. The van der Waals surface area contributed by atoms with Crippen LogP contribution in [-0.4, -0.2) is 31.9 Å². The summed E-state index contributed by atoms with van der Waals surface area (Å²) in [5.74, 6) is -9.12. The number of esters is 2. The summed E-state index contributed by atoms with van der Waals surface area (Å²) < 4.78 is 91.9. The largest absolute Gasteiger partial charge is 0.468 e. The number of ether oxygens (including phenoxy) is 2. The molecule has 0 saturated heterocycles. The van der Waals surface area contributed by atoms with Gasteiger partial charge in [0.25, 0.3) is 0 Å². The Kier molecular flexibility index (Phi) is 8.27. The molecule has 7 nitrogen and oxygen atoms in total. The average Bonchev–Trinajstić information content (AvgIpc) is 2.94. The van der Waals surface area contributed by atoms with E-state index in [9.17, 15) is 51.2 Å². The molecule has 13 heteroatoms. The predicted molar refractivity (Wildman–Crippen MR) is 127 cm³/mol. The molecule has 0 N–H and O–H groups in total. The maximum atomic E-state index is 13.7. The Morgan fingerprint density at radius 2 is 1.32 bits per heavy atom. The van der Waals surface area contributed by atoms with Gasteiger partial charge in [-0.25, -0.2) is 0 Å². The molecule has 2 aromatic carbocycles. The smallest absolute Gasteiger partial charge is 0.416 e. The van der Waals surface area contributed by atoms with Crippen molar-refractivity contribution in [2.75, 3.05) is 14.2 Å². The van der Waals surface area contributed by atoms with E-state index < -0.39 is 81.8 Å². The fourth-order valence-electron chi connectivity index (χ4n) is 5.82. The lowest BCUT2D eigenvalue weighted by molar-refractivity contribution is -0.167. The Balaban J connectivity index is 2.58. The normalized spacial score (nSPS) is 26.3. The molecule has 0 unspecified atom stereocenters. The number of methoxy groups -OCH3 is 2. The molecule has 1 aliphatic carbocycles. The minimum atomic E-state index is -4.94. The van der Waals surface area contributed by atoms with E-state index in [-0.39, 0.29) is 5.56 Å². The van der Waals surface area contributed by atoms with Crippen LogP contribution in [0.3, 0.4) is 0 Å². The van der Waals surface area contributed by atoms with Crippen LogP contribution in [0.1, 0.15) is 47.4 Å². The van der Waals surface area contributed by atoms with Crippen molar-refractivity contribution in [1.29, 1.82) is 10.5 Å². The fraction of sp³-hybridized carbons (Fsp3) is 0.393. The number of hydrogen-bond donors (Lipinski definition) is 0. The number of ketones is 1. The minimum Gasteiger partial charge on any atom is -0.468 e. The third-order valence-corrected chi connectivity index (χ3v) is 7.48. The summed E-state index contributed by atoms with van der Waals surface area (Å²) >= 11 is 0. The first-order valence-corrected chi connectivity index (χ1v) is 11.9. The van der Waals surface area contributed by atoms with Crippen LogP contribution in [0.2, 0.25) is 0 Å². The first-order valence-electron chi connectivity index (χ1n) is 11.9. The van der Waals surface area contributed by atoms with Crippen LogP contribution < -0.4 is 0 Å². The van der Waals surface area contributed by atoms with Crippen LogP contribution in [0, 0.1) is 39.4 Å². The lowest BCUT2D eigenvalue weighted by Gasteiger charge is -2.52. The maximum Gasteiger partial charge on any atom is 0.416 e. The van der Waals surface area contributed by atoms with Gasteiger partial charge in [-0.3, -0.25) is 14.4 Å². The van der Waals surface area contributed by atoms with E-state index in [1.165, 1.54) is 0 Å². The molecular formula is C28H22F6N2O5. The molecule has 0 aliphatic heterocycles. The monoisotopic (exact) mass is 580 g/mol. The van der Waals surface area contributed by atoms with Gasteiger partial charge in [-0.05, 0) is 36.6 Å². The number of hydrogen-bond acceptors (Lipinski definition) is 7. The molecular weight excluding hydrogens is 558 g/mol. The summed E-state index contributed by atoms with van der Waals surface area (Å²) in [6, 6.07) is 9.95. The zero-order chi connectivity index (χ0) is 31.0. The highest BCUT2D eigenvalue weighted by Crippen LogP contribution is 2.65. The zero-order valence-electron chi connectivity index (χ0n) is 21.8. The van der Waals surface area contributed by atoms with Gasteiger partial charge in [-0.2, -0.15) is 36.9 Å². The van der Waals surface area contributed by atoms with Crippen molar-refractivity contribution < 1.29 is 50.2 Å². The topological polar surface area (TPSA) is 117 Å². The van der Waals surface area contributed by atoms with Crippen molar-refractivity contribution in [1.82, 2.24) is 0 Å². The third kappa shape index (κ3) is 5.12. The number of nitriles is 2. The van der Waals surface area contributed by atoms with E-state index in [0.29, 0.717) is 24.3 Å². The van der Waals surface area contributed by atoms with Gasteiger partial charge in [0, 0.05) is 17.8 Å². The second-order valence-electron chi connectivity index (χ2n) is 9.63. The second kappa shape index (κ2) is 10.9. The van der Waals surface area contributed by atoms with Gasteiger partial charge in [-0.15, -0.1) is 0 Å². The Morgan fingerprint density at radius 3 is 1.73 bits per heavy atom. The van der Waals surface area contributed by atoms with E-state index in [0.717, 1.165) is 45.4 Å². The summed E-state index contributed by atoms with van der Waals surface area (Å²) in [6.45, 7) is 0.995. The first kappa shape index (κ1) is 31.1. The van der Waals surface area contributed by atoms with E-state index in [1.54, 1.807) is 12.1 Å². The quantitative estimate of drug-likeness (QED) is 0.335. The highest BCUT2D eigenvalue weighted by molar-refractivity contribution is 5.92. The van der Waals surface area contributed by atoms with Gasteiger partial charge in [0.1, 0.15) is 5.78 Å². The van der Waals surface area contributed by atoms with Gasteiger partial charge < -0.3 is 9.47 Å². The number of nitrogens with zero attached hydrogens (tertiary/aromatic N) is 2. The standard InChI is InChI=1S/C28H22F6N2O5/c1-15(37)20-12-25(13-35,23(38)40-2)22(17-7-5-9-19(11-17)28(32,33)34)26(14-36,24(39)41-3)21(20)16-6-4-8-18(10-16)27(29,30)31/h4-11,20-22H,12H2,1-3H3/t20-,21-,22+,25+,26+/m0/s1. The van der Waals surface area contributed by atoms with Gasteiger partial charge in [0.05, 0.1) is 37.5 Å². The molecule has 41 heavy (non-hydrogen) atoms. The van der Waals surface area contributed by atoms with Crippen molar-refractivity contribution in [2.45, 2.75) is 37.5 Å². The van der Waals surface area contributed by atoms with Crippen LogP contribution in [0.5, 0.6) is 0 Å². The summed E-state index contributed by atoms with van der Waals surface area (Å²) in [5, 5.41) is 21.1. The maximum absolute atomic E-state index is 13.7. The summed E-state index contributed by atoms with van der Waals surface area (Å²) in [6.07, 6.45) is -10.6. The molecule has 0 heterocycles. The van der Waals surface area contributed by atoms with Crippen molar-refractivity contribution in [2.24, 2.45) is 16.7 Å². The number of rotatable bonds is 5. The van der Waals surface area contributed by atoms with E-state index in [1.807, 2.05) is 0 Å². The highest BCUT2D eigenvalue weighted by atomic mass is 19.4. The molecule has 1 saturated carbocycles. The molecule has 0 radical (unpaired) electrons. The molecule has 0 bridgehead atoms. The average molecular weight is 580 g/mol. The van der Waals surface area contributed by atoms with Crippen LogP contribution in [0.15, 0.2) is 48.5 Å². The SMILES string of the molecule is COC(=O)[C@]1(C#N)[C@@H](c2cccc(C(F)(F)F)c2)[C@H](C(C)=O)C[C@](C#N)(C(=O)OC)[C@H]1c1cccc(C(F)(F)F)c1. The van der Waals surface area contributed by atoms with Crippen LogP contribution in [0.25, 0.3) is 0 Å². The molecule has 0 amide bonds. The number of carbonyl (C=O) groups is 3. The summed E-state index contributed by atoms with van der Waals surface area (Å²) in [7, 11) is 1.68. The van der Waals surface area contributed by atoms with Crippen molar-refractivity contribution >= 4 is 17.7 Å². The van der Waals surface area contributed by atoms with E-state index in [4.69, 9.17) is 9.47 Å². The molecule has 216 valence electrons. The molecule has 5 atom stereocenters. The van der Waals surface area contributed by atoms with Gasteiger partial charge in [-0.1, -0.05) is 36.4 Å². The number of benzene rings is 2. The second-order valence-corrected chi connectivity index (χ2v) is 9.63. The predicted octanol–water partition coefficient (Wildman–Crippen LogP) is 5.57. The first-order chi connectivity index (χ1) is 19.0. The van der Waals surface area contributed by atoms with Gasteiger partial charge in [0.15, 0.2) is 10.8 Å². The third-order valence-electron chi connectivity index (χ3n) is 7.48. The Morgan fingerprint density at radius 1 is 0.829 bits per heavy atom. The van der Waals surface area contributed by atoms with Crippen LogP contribution >= 0.6 is 0 Å². The van der Waals surface area contributed by atoms with Crippen LogP contribution in [-0.2, 0) is 36.2 Å². The highest BCUT2D eigenvalue weighted by Gasteiger charge is 2.71. The minimum absolute atomic E-state index is 0.347. The number of carbonyl (C=O) groups excluding carboxylic acids is 3. The number of alkyl halides is 6. The number of halogens is 6. The lowest BCUT2D eigenvalue weighted by atomic mass is 9.45. The number of Topliss-reactive ketones (excluding diaryl/α,β-unsaturated/α-hetero) is 1. The molecule has 0 aromatic heterocycles. The molecule has 1 fully saturated rings. The lowest BCUT2D eigenvalue weighted by Crippen LogP contribution is -2.59. The van der Waals surface area contributed by atoms with Crippen LogP contribution in [0.4, 0.5) is 26.3 Å². The fourth-order valence-corrected chi connectivity index (χ4v) is 5.82. The molecule has 1 aliphatic rings. The summed E-state index contributed by atoms with van der Waals surface area (Å²) in [5.41, 5.74) is -8.76. The van der Waals surface area contributed by atoms with Gasteiger partial charge >= 0.3 is 24.3 Å². The Bertz CT molecular complexity index is 1460. The Labute approximate surface area is 230 Å². The van der Waals surface area contributed by atoms with E-state index in [2.05, 4.69) is 0 Å². The molecule has 3 rings (SSSR count). The van der Waals surface area contributed by atoms with Crippen molar-refractivity contribution in [3.8, 4) is 12.1 Å².